The normalized spacial score (nSPS) is 15.3. The average molecular weight is 1150 g/mol. The largest absolute Gasteiger partial charge is 1.00 e. The van der Waals surface area contributed by atoms with Crippen LogP contribution in [0.4, 0.5) is 65.9 Å². The number of halogens is 17. The summed E-state index contributed by atoms with van der Waals surface area (Å²) in [4.78, 5) is 0. The molecule has 6 aromatic carbocycles. The molecule has 0 bridgehead atoms. The molecule has 71 heavy (non-hydrogen) atoms. The Morgan fingerprint density at radius 3 is 1.07 bits per heavy atom. The van der Waals surface area contributed by atoms with Gasteiger partial charge in [0.15, 0.2) is 0 Å². The van der Waals surface area contributed by atoms with Crippen LogP contribution in [0.25, 0.3) is 43.8 Å². The Kier molecular flexibility index (Phi) is 21.1. The predicted molar refractivity (Wildman–Crippen MR) is 238 cm³/mol. The van der Waals surface area contributed by atoms with Gasteiger partial charge in [-0.25, -0.2) is 0 Å². The van der Waals surface area contributed by atoms with Crippen LogP contribution in [0.5, 0.6) is 0 Å². The molecular formula is C52H49Cl2F15SiZr-2. The minimum atomic E-state index is -4.86. The molecule has 386 valence electrons. The molecule has 0 amide bonds. The fraction of sp³-hybridized carbons (Fsp3) is 0.423. The summed E-state index contributed by atoms with van der Waals surface area (Å²) < 4.78 is 193. The summed E-state index contributed by atoms with van der Waals surface area (Å²) in [7, 11) is 0. The van der Waals surface area contributed by atoms with Crippen molar-refractivity contribution >= 4 is 27.0 Å². The van der Waals surface area contributed by atoms with Crippen molar-refractivity contribution in [2.45, 2.75) is 127 Å². The summed E-state index contributed by atoms with van der Waals surface area (Å²) >= 11 is 1.29. The smallest absolute Gasteiger partial charge is 0.416 e. The van der Waals surface area contributed by atoms with Crippen molar-refractivity contribution in [3.05, 3.63) is 130 Å². The molecule has 0 aliphatic heterocycles. The fourth-order valence-electron chi connectivity index (χ4n) is 9.33. The van der Waals surface area contributed by atoms with Gasteiger partial charge in [0.25, 0.3) is 0 Å². The van der Waals surface area contributed by atoms with E-state index in [4.69, 9.17) is 0 Å². The molecule has 6 aromatic rings. The minimum Gasteiger partial charge on any atom is -1.00 e. The first-order valence-electron chi connectivity index (χ1n) is 22.7. The Bertz CT molecular complexity index is 2440. The Balaban J connectivity index is 0.000000257. The maximum absolute atomic E-state index is 13.3. The molecule has 0 nitrogen and oxygen atoms in total. The molecule has 0 atom stereocenters. The quantitative estimate of drug-likeness (QED) is 0.0809. The van der Waals surface area contributed by atoms with E-state index in [1.54, 1.807) is 24.3 Å². The Morgan fingerprint density at radius 2 is 0.803 bits per heavy atom. The molecule has 2 aliphatic carbocycles. The summed E-state index contributed by atoms with van der Waals surface area (Å²) in [6.07, 6.45) is -10.2. The van der Waals surface area contributed by atoms with Gasteiger partial charge in [-0.15, -0.1) is 69.1 Å². The molecule has 0 N–H and O–H groups in total. The number of hydrogen-bond acceptors (Lipinski definition) is 0. The van der Waals surface area contributed by atoms with Crippen LogP contribution in [0, 0.1) is 11.8 Å². The van der Waals surface area contributed by atoms with Crippen LogP contribution in [-0.2, 0) is 60.9 Å². The van der Waals surface area contributed by atoms with Gasteiger partial charge in [0.1, 0.15) is 0 Å². The van der Waals surface area contributed by atoms with E-state index in [0.717, 1.165) is 84.7 Å². The summed E-state index contributed by atoms with van der Waals surface area (Å²) in [5, 5.41) is 3.06. The molecule has 2 fully saturated rings. The van der Waals surface area contributed by atoms with E-state index in [1.807, 2.05) is 42.9 Å². The van der Waals surface area contributed by atoms with Gasteiger partial charge in [-0.05, 0) is 72.2 Å². The van der Waals surface area contributed by atoms with E-state index in [1.165, 1.54) is 61.9 Å². The summed E-state index contributed by atoms with van der Waals surface area (Å²) in [6.45, 7) is 1.93. The molecule has 2 saturated carbocycles. The van der Waals surface area contributed by atoms with Crippen LogP contribution in [0.1, 0.15) is 104 Å². The van der Waals surface area contributed by atoms with E-state index in [9.17, 15) is 65.9 Å². The van der Waals surface area contributed by atoms with Gasteiger partial charge >= 0.3 is 91.8 Å². The second-order valence-electron chi connectivity index (χ2n) is 18.2. The predicted octanol–water partition coefficient (Wildman–Crippen LogP) is 12.9. The molecule has 0 saturated heterocycles. The average Bonchev–Trinajstić information content (AvgIpc) is 3.88. The summed E-state index contributed by atoms with van der Waals surface area (Å²) in [6, 6.07) is 22.0. The van der Waals surface area contributed by atoms with Crippen molar-refractivity contribution < 1.29 is 114 Å². The Labute approximate surface area is 430 Å². The van der Waals surface area contributed by atoms with E-state index in [-0.39, 0.29) is 48.1 Å². The third-order valence-corrected chi connectivity index (χ3v) is 15.5. The van der Waals surface area contributed by atoms with E-state index >= 15 is 0 Å². The number of rotatable bonds is 8. The van der Waals surface area contributed by atoms with Crippen molar-refractivity contribution in [2.24, 2.45) is 11.8 Å². The van der Waals surface area contributed by atoms with Gasteiger partial charge in [0.2, 0.25) is 0 Å². The number of fused-ring (bicyclic) bond motifs is 2. The number of hydrogen-bond donors (Lipinski definition) is 0. The molecule has 19 heteroatoms. The van der Waals surface area contributed by atoms with Crippen molar-refractivity contribution in [2.75, 3.05) is 0 Å². The molecule has 2 aliphatic rings. The molecular weight excluding hydrogens is 1100 g/mol. The maximum Gasteiger partial charge on any atom is 0.416 e. The minimum absolute atomic E-state index is 0. The van der Waals surface area contributed by atoms with Crippen LogP contribution in [0.2, 0.25) is 12.6 Å². The van der Waals surface area contributed by atoms with Crippen LogP contribution in [0.3, 0.4) is 0 Å². The molecule has 8 rings (SSSR count). The van der Waals surface area contributed by atoms with Crippen LogP contribution in [0.15, 0.2) is 97.1 Å². The van der Waals surface area contributed by atoms with Gasteiger partial charge in [-0.1, -0.05) is 87.5 Å². The van der Waals surface area contributed by atoms with Crippen LogP contribution >= 0.6 is 0 Å². The van der Waals surface area contributed by atoms with E-state index in [0.29, 0.717) is 39.8 Å². The van der Waals surface area contributed by atoms with Gasteiger partial charge in [0.05, 0.1) is 22.3 Å². The first kappa shape index (κ1) is 60.3. The summed E-state index contributed by atoms with van der Waals surface area (Å²) in [5.41, 5.74) is -2.96. The molecule has 0 heterocycles. The van der Waals surface area contributed by atoms with Gasteiger partial charge in [-0.3, -0.25) is 0 Å². The van der Waals surface area contributed by atoms with Gasteiger partial charge in [-0.2, -0.15) is 64.8 Å². The zero-order valence-electron chi connectivity index (χ0n) is 38.2. The third kappa shape index (κ3) is 17.4. The van der Waals surface area contributed by atoms with E-state index < -0.39 is 65.0 Å². The molecule has 0 aromatic heterocycles. The van der Waals surface area contributed by atoms with Crippen molar-refractivity contribution in [3.8, 4) is 22.3 Å². The second-order valence-corrected chi connectivity index (χ2v) is 26.6. The second kappa shape index (κ2) is 24.8. The van der Waals surface area contributed by atoms with Crippen molar-refractivity contribution in [1.29, 1.82) is 0 Å². The third-order valence-electron chi connectivity index (χ3n) is 12.7. The number of alkyl halides is 15. The van der Waals surface area contributed by atoms with Gasteiger partial charge < -0.3 is 24.8 Å². The van der Waals surface area contributed by atoms with E-state index in [2.05, 4.69) is 0 Å². The zero-order valence-corrected chi connectivity index (χ0v) is 43.2. The van der Waals surface area contributed by atoms with Crippen LogP contribution < -0.4 is 24.8 Å². The summed E-state index contributed by atoms with van der Waals surface area (Å²) in [5.74, 6) is 1.17. The van der Waals surface area contributed by atoms with Crippen molar-refractivity contribution in [1.82, 2.24) is 0 Å². The molecule has 0 spiro atoms. The SMILES string of the molecule is C[Si](=[Zr+2])CCC(F)(F)F.FC(F)(F)c1cc(-c2cccc3[cH-]c(CC4CCCCC4)cc23)cc(C(F)(F)F)c1.FC(F)(F)c1cc(-c2cccc3[cH-]c(CC4CCCCC4)cc23)cc(C(F)(F)F)c1.[Cl-].[Cl-]. The Hall–Kier alpha value is -3.27. The first-order chi connectivity index (χ1) is 32.1. The maximum atomic E-state index is 13.3. The number of benzene rings is 4. The van der Waals surface area contributed by atoms with Gasteiger partial charge in [0, 0.05) is 0 Å². The molecule has 0 unspecified atom stereocenters. The fourth-order valence-corrected chi connectivity index (χ4v) is 10.9. The topological polar surface area (TPSA) is 0 Å². The first-order valence-corrected chi connectivity index (χ1v) is 28.6. The van der Waals surface area contributed by atoms with Crippen LogP contribution in [-0.4, -0.2) is 11.6 Å². The molecule has 0 radical (unpaired) electrons. The monoisotopic (exact) mass is 1150 g/mol. The van der Waals surface area contributed by atoms with Crippen molar-refractivity contribution in [3.63, 3.8) is 0 Å². The standard InChI is InChI=1S/2C24H21F6.C4H7F3Si.2ClH.Zr/c2*25-23(26,27)19-12-18(13-20(14-19)24(28,29)30)21-8-4-7-17-10-16(11-22(17)21)9-15-5-2-1-3-6-15;1-8-3-2-4(5,6)7;;;/h2*4,7-8,10-15H,1-3,5-6,9H2;2-3H2,1H3;2*1H;/q2*-1;;;;+2/p-2. The Morgan fingerprint density at radius 1 is 0.479 bits per heavy atom. The zero-order chi connectivity index (χ0) is 50.5.